The van der Waals surface area contributed by atoms with E-state index < -0.39 is 6.10 Å². The average molecular weight is 230 g/mol. The molecule has 5 N–H and O–H groups in total. The molecule has 0 aliphatic heterocycles. The number of aliphatic hydroxyl groups is 1. The Bertz CT molecular complexity index is 137. The van der Waals surface area contributed by atoms with Gasteiger partial charge in [-0.25, -0.2) is 0 Å². The molecule has 3 heteroatoms. The van der Waals surface area contributed by atoms with Crippen molar-refractivity contribution in [3.05, 3.63) is 0 Å². The van der Waals surface area contributed by atoms with Crippen LogP contribution in [0.15, 0.2) is 0 Å². The highest BCUT2D eigenvalue weighted by molar-refractivity contribution is 4.81. The maximum absolute atomic E-state index is 9.93. The molecule has 0 radical (unpaired) electrons. The lowest BCUT2D eigenvalue weighted by Crippen LogP contribution is -2.47. The first-order chi connectivity index (χ1) is 7.63. The van der Waals surface area contributed by atoms with Gasteiger partial charge in [-0.2, -0.15) is 0 Å². The number of nitrogens with two attached hydrogens (primary N) is 2. The highest BCUT2D eigenvalue weighted by atomic mass is 16.3. The van der Waals surface area contributed by atoms with Gasteiger partial charge in [-0.3, -0.25) is 0 Å². The van der Waals surface area contributed by atoms with Gasteiger partial charge in [0.15, 0.2) is 0 Å². The lowest BCUT2D eigenvalue weighted by atomic mass is 9.95. The molecule has 0 aliphatic carbocycles. The molecule has 0 amide bonds. The minimum atomic E-state index is -0.534. The normalized spacial score (nSPS) is 17.1. The van der Waals surface area contributed by atoms with Crippen LogP contribution in [0.1, 0.15) is 65.2 Å². The highest BCUT2D eigenvalue weighted by Gasteiger charge is 2.21. The van der Waals surface area contributed by atoms with Gasteiger partial charge in [0.2, 0.25) is 0 Å². The van der Waals surface area contributed by atoms with Gasteiger partial charge in [0.1, 0.15) is 0 Å². The summed E-state index contributed by atoms with van der Waals surface area (Å²) in [5.74, 6) is 0. The monoisotopic (exact) mass is 230 g/mol. The highest BCUT2D eigenvalue weighted by Crippen LogP contribution is 2.11. The molecule has 16 heavy (non-hydrogen) atoms. The minimum Gasteiger partial charge on any atom is -0.390 e. The summed E-state index contributed by atoms with van der Waals surface area (Å²) >= 11 is 0. The van der Waals surface area contributed by atoms with Crippen LogP contribution in [-0.4, -0.2) is 23.3 Å². The van der Waals surface area contributed by atoms with Crippen molar-refractivity contribution < 1.29 is 5.11 Å². The van der Waals surface area contributed by atoms with E-state index in [1.54, 1.807) is 0 Å². The Morgan fingerprint density at radius 3 is 1.50 bits per heavy atom. The van der Waals surface area contributed by atoms with Crippen molar-refractivity contribution in [2.45, 2.75) is 83.4 Å². The fraction of sp³-hybridized carbons (Fsp3) is 1.00. The van der Waals surface area contributed by atoms with E-state index in [-0.39, 0.29) is 12.1 Å². The van der Waals surface area contributed by atoms with Crippen LogP contribution in [0.25, 0.3) is 0 Å². The van der Waals surface area contributed by atoms with Crippen LogP contribution in [0.5, 0.6) is 0 Å². The first-order valence-electron chi connectivity index (χ1n) is 6.82. The molecule has 2 atom stereocenters. The summed E-state index contributed by atoms with van der Waals surface area (Å²) in [7, 11) is 0. The predicted molar refractivity (Wildman–Crippen MR) is 70.2 cm³/mol. The van der Waals surface area contributed by atoms with Gasteiger partial charge in [0.25, 0.3) is 0 Å². The third-order valence-electron chi connectivity index (χ3n) is 3.16. The van der Waals surface area contributed by atoms with Crippen LogP contribution in [0, 0.1) is 0 Å². The molecule has 0 saturated heterocycles. The van der Waals surface area contributed by atoms with Crippen LogP contribution >= 0.6 is 0 Å². The standard InChI is InChI=1S/C13H30N2O/c1-3-5-7-9-11(14)13(16)12(15)10-8-6-4-2/h11-13,16H,3-10,14-15H2,1-2H3. The Morgan fingerprint density at radius 1 is 0.812 bits per heavy atom. The smallest absolute Gasteiger partial charge is 0.0841 e. The molecule has 0 bridgehead atoms. The zero-order valence-corrected chi connectivity index (χ0v) is 11.0. The van der Waals surface area contributed by atoms with Crippen molar-refractivity contribution in [3.8, 4) is 0 Å². The van der Waals surface area contributed by atoms with Crippen molar-refractivity contribution in [3.63, 3.8) is 0 Å². The Morgan fingerprint density at radius 2 is 1.19 bits per heavy atom. The molecular formula is C13H30N2O. The molecule has 0 fully saturated rings. The number of aliphatic hydroxyl groups excluding tert-OH is 1. The summed E-state index contributed by atoms with van der Waals surface area (Å²) in [6, 6.07) is -0.300. The molecule has 0 aromatic heterocycles. The molecule has 0 saturated carbocycles. The van der Waals surface area contributed by atoms with Crippen molar-refractivity contribution in [2.24, 2.45) is 11.5 Å². The Labute approximate surface area is 101 Å². The quantitative estimate of drug-likeness (QED) is 0.504. The average Bonchev–Trinajstić information content (AvgIpc) is 2.28. The Hall–Kier alpha value is -0.120. The van der Waals surface area contributed by atoms with E-state index in [1.165, 1.54) is 25.7 Å². The van der Waals surface area contributed by atoms with Crippen molar-refractivity contribution in [1.82, 2.24) is 0 Å². The van der Waals surface area contributed by atoms with Gasteiger partial charge in [-0.1, -0.05) is 52.4 Å². The fourth-order valence-corrected chi connectivity index (χ4v) is 1.92. The van der Waals surface area contributed by atoms with Gasteiger partial charge in [0, 0.05) is 12.1 Å². The number of hydrogen-bond donors (Lipinski definition) is 3. The Balaban J connectivity index is 3.68. The van der Waals surface area contributed by atoms with Gasteiger partial charge < -0.3 is 16.6 Å². The maximum atomic E-state index is 9.93. The van der Waals surface area contributed by atoms with Gasteiger partial charge in [-0.05, 0) is 12.8 Å². The van der Waals surface area contributed by atoms with Gasteiger partial charge in [-0.15, -0.1) is 0 Å². The first kappa shape index (κ1) is 15.9. The third-order valence-corrected chi connectivity index (χ3v) is 3.16. The van der Waals surface area contributed by atoms with Gasteiger partial charge in [0.05, 0.1) is 6.10 Å². The number of hydrogen-bond acceptors (Lipinski definition) is 3. The molecule has 98 valence electrons. The lowest BCUT2D eigenvalue weighted by molar-refractivity contribution is 0.107. The Kier molecular flexibility index (Phi) is 9.99. The van der Waals surface area contributed by atoms with Gasteiger partial charge >= 0.3 is 0 Å². The molecular weight excluding hydrogens is 200 g/mol. The van der Waals surface area contributed by atoms with Crippen LogP contribution < -0.4 is 11.5 Å². The summed E-state index contributed by atoms with van der Waals surface area (Å²) in [4.78, 5) is 0. The second-order valence-electron chi connectivity index (χ2n) is 4.81. The molecule has 0 spiro atoms. The van der Waals surface area contributed by atoms with Crippen molar-refractivity contribution >= 4 is 0 Å². The largest absolute Gasteiger partial charge is 0.390 e. The molecule has 2 unspecified atom stereocenters. The summed E-state index contributed by atoms with van der Waals surface area (Å²) in [6.45, 7) is 4.33. The minimum absolute atomic E-state index is 0.150. The predicted octanol–water partition coefficient (Wildman–Crippen LogP) is 2.16. The number of unbranched alkanes of at least 4 members (excludes halogenated alkanes) is 4. The van der Waals surface area contributed by atoms with Crippen LogP contribution in [-0.2, 0) is 0 Å². The first-order valence-corrected chi connectivity index (χ1v) is 6.82. The maximum Gasteiger partial charge on any atom is 0.0841 e. The van der Waals surface area contributed by atoms with E-state index in [9.17, 15) is 5.11 Å². The van der Waals surface area contributed by atoms with E-state index in [0.29, 0.717) is 0 Å². The SMILES string of the molecule is CCCCCC(N)C(O)C(N)CCCCC. The van der Waals surface area contributed by atoms with Crippen LogP contribution in [0.2, 0.25) is 0 Å². The second-order valence-corrected chi connectivity index (χ2v) is 4.81. The fourth-order valence-electron chi connectivity index (χ4n) is 1.92. The van der Waals surface area contributed by atoms with E-state index in [4.69, 9.17) is 11.5 Å². The summed E-state index contributed by atoms with van der Waals surface area (Å²) in [5, 5.41) is 9.93. The molecule has 0 aromatic carbocycles. The van der Waals surface area contributed by atoms with E-state index in [2.05, 4.69) is 13.8 Å². The molecule has 0 aliphatic rings. The molecule has 3 nitrogen and oxygen atoms in total. The van der Waals surface area contributed by atoms with Crippen LogP contribution in [0.3, 0.4) is 0 Å². The van der Waals surface area contributed by atoms with Crippen molar-refractivity contribution in [1.29, 1.82) is 0 Å². The van der Waals surface area contributed by atoms with E-state index >= 15 is 0 Å². The summed E-state index contributed by atoms with van der Waals surface area (Å²) in [5.41, 5.74) is 11.9. The van der Waals surface area contributed by atoms with Crippen LogP contribution in [0.4, 0.5) is 0 Å². The lowest BCUT2D eigenvalue weighted by Gasteiger charge is -2.24. The third kappa shape index (κ3) is 7.20. The molecule has 0 aromatic rings. The topological polar surface area (TPSA) is 72.3 Å². The molecule has 0 rings (SSSR count). The van der Waals surface area contributed by atoms with Crippen molar-refractivity contribution in [2.75, 3.05) is 0 Å². The second kappa shape index (κ2) is 10.1. The van der Waals surface area contributed by atoms with E-state index in [1.807, 2.05) is 0 Å². The van der Waals surface area contributed by atoms with E-state index in [0.717, 1.165) is 25.7 Å². The summed E-state index contributed by atoms with van der Waals surface area (Å²) < 4.78 is 0. The zero-order valence-electron chi connectivity index (χ0n) is 11.0. The molecule has 0 heterocycles. The number of rotatable bonds is 10. The zero-order chi connectivity index (χ0) is 12.4. The summed E-state index contributed by atoms with van der Waals surface area (Å²) in [6.07, 6.45) is 8.17.